The van der Waals surface area contributed by atoms with Crippen LogP contribution in [0.1, 0.15) is 6.92 Å². The number of nitrogens with one attached hydrogen (secondary N) is 1. The Hall–Kier alpha value is -1.78. The van der Waals surface area contributed by atoms with Gasteiger partial charge < -0.3 is 14.6 Å². The van der Waals surface area contributed by atoms with Crippen molar-refractivity contribution >= 4 is 17.3 Å². The minimum absolute atomic E-state index is 0.124. The van der Waals surface area contributed by atoms with Crippen molar-refractivity contribution in [3.8, 4) is 11.3 Å². The minimum Gasteiger partial charge on any atom is -0.375 e. The predicted octanol–water partition coefficient (Wildman–Crippen LogP) is 2.92. The second kappa shape index (κ2) is 5.92. The number of anilines is 1. The summed E-state index contributed by atoms with van der Waals surface area (Å²) in [7, 11) is 0. The molecule has 1 N–H and O–H groups in total. The first-order valence-corrected chi connectivity index (χ1v) is 7.37. The molecule has 1 aromatic carbocycles. The molecule has 0 bridgehead atoms. The summed E-state index contributed by atoms with van der Waals surface area (Å²) in [6, 6.07) is 11.1. The lowest BCUT2D eigenvalue weighted by Crippen LogP contribution is -2.41. The first-order valence-electron chi connectivity index (χ1n) is 6.99. The van der Waals surface area contributed by atoms with Gasteiger partial charge in [-0.2, -0.15) is 0 Å². The summed E-state index contributed by atoms with van der Waals surface area (Å²) in [5, 5.41) is 0.626. The molecule has 1 aliphatic heterocycles. The van der Waals surface area contributed by atoms with Gasteiger partial charge in [-0.25, -0.2) is 0 Å². The van der Waals surface area contributed by atoms with Crippen LogP contribution in [0.4, 0.5) is 5.69 Å². The van der Waals surface area contributed by atoms with Gasteiger partial charge >= 0.3 is 0 Å². The second-order valence-corrected chi connectivity index (χ2v) is 5.63. The Morgan fingerprint density at radius 2 is 2.14 bits per heavy atom. The number of aromatic nitrogens is 1. The lowest BCUT2D eigenvalue weighted by atomic mass is 10.1. The SMILES string of the molecule is CC1CN(c2cc(-c3ccccc3Cl)[nH]c(=O)c2)CCO1. The number of hydrogen-bond acceptors (Lipinski definition) is 3. The van der Waals surface area contributed by atoms with Gasteiger partial charge in [0.05, 0.1) is 18.4 Å². The number of H-pyrrole nitrogens is 1. The van der Waals surface area contributed by atoms with Crippen LogP contribution in [0.25, 0.3) is 11.3 Å². The topological polar surface area (TPSA) is 45.3 Å². The van der Waals surface area contributed by atoms with Crippen molar-refractivity contribution in [1.29, 1.82) is 0 Å². The van der Waals surface area contributed by atoms with Gasteiger partial charge in [0.2, 0.25) is 5.56 Å². The molecule has 4 nitrogen and oxygen atoms in total. The van der Waals surface area contributed by atoms with Gasteiger partial charge in [-0.15, -0.1) is 0 Å². The van der Waals surface area contributed by atoms with Crippen molar-refractivity contribution in [2.75, 3.05) is 24.6 Å². The summed E-state index contributed by atoms with van der Waals surface area (Å²) in [4.78, 5) is 17.0. The van der Waals surface area contributed by atoms with Gasteiger partial charge in [0, 0.05) is 35.4 Å². The Labute approximate surface area is 128 Å². The third-order valence-corrected chi connectivity index (χ3v) is 3.93. The van der Waals surface area contributed by atoms with Crippen molar-refractivity contribution in [2.24, 2.45) is 0 Å². The zero-order valence-corrected chi connectivity index (χ0v) is 12.6. The fourth-order valence-electron chi connectivity index (χ4n) is 2.59. The average Bonchev–Trinajstić information content (AvgIpc) is 2.47. The molecule has 2 heterocycles. The maximum Gasteiger partial charge on any atom is 0.250 e. The molecule has 21 heavy (non-hydrogen) atoms. The van der Waals surface area contributed by atoms with E-state index in [1.807, 2.05) is 37.3 Å². The fourth-order valence-corrected chi connectivity index (χ4v) is 2.83. The van der Waals surface area contributed by atoms with Crippen LogP contribution in [0.15, 0.2) is 41.2 Å². The van der Waals surface area contributed by atoms with Gasteiger partial charge in [-0.3, -0.25) is 4.79 Å². The largest absolute Gasteiger partial charge is 0.375 e. The van der Waals surface area contributed by atoms with E-state index < -0.39 is 0 Å². The van der Waals surface area contributed by atoms with Crippen molar-refractivity contribution in [1.82, 2.24) is 4.98 Å². The van der Waals surface area contributed by atoms with E-state index in [1.165, 1.54) is 0 Å². The quantitative estimate of drug-likeness (QED) is 0.928. The molecule has 5 heteroatoms. The van der Waals surface area contributed by atoms with E-state index in [-0.39, 0.29) is 11.7 Å². The molecule has 1 atom stereocenters. The molecule has 0 radical (unpaired) electrons. The molecule has 0 amide bonds. The standard InChI is InChI=1S/C16H17ClN2O2/c1-11-10-19(6-7-21-11)12-8-15(18-16(20)9-12)13-4-2-3-5-14(13)17/h2-5,8-9,11H,6-7,10H2,1H3,(H,18,20). The van der Waals surface area contributed by atoms with E-state index in [2.05, 4.69) is 9.88 Å². The highest BCUT2D eigenvalue weighted by Crippen LogP contribution is 2.28. The molecule has 0 saturated carbocycles. The van der Waals surface area contributed by atoms with Gasteiger partial charge in [0.15, 0.2) is 0 Å². The summed E-state index contributed by atoms with van der Waals surface area (Å²) < 4.78 is 5.55. The summed E-state index contributed by atoms with van der Waals surface area (Å²) in [5.41, 5.74) is 2.35. The molecule has 1 fully saturated rings. The average molecular weight is 305 g/mol. The lowest BCUT2D eigenvalue weighted by Gasteiger charge is -2.33. The monoisotopic (exact) mass is 304 g/mol. The third-order valence-electron chi connectivity index (χ3n) is 3.60. The Balaban J connectivity index is 2.01. The maximum atomic E-state index is 12.0. The summed E-state index contributed by atoms with van der Waals surface area (Å²) in [6.45, 7) is 4.28. The summed E-state index contributed by atoms with van der Waals surface area (Å²) in [6.07, 6.45) is 0.168. The molecule has 0 aliphatic carbocycles. The smallest absolute Gasteiger partial charge is 0.250 e. The Morgan fingerprint density at radius 3 is 2.90 bits per heavy atom. The number of halogens is 1. The van der Waals surface area contributed by atoms with Crippen LogP contribution in [-0.4, -0.2) is 30.8 Å². The first-order chi connectivity index (χ1) is 10.1. The van der Waals surface area contributed by atoms with E-state index in [4.69, 9.17) is 16.3 Å². The number of ether oxygens (including phenoxy) is 1. The first kappa shape index (κ1) is 14.2. The van der Waals surface area contributed by atoms with Crippen molar-refractivity contribution in [3.05, 3.63) is 51.8 Å². The van der Waals surface area contributed by atoms with E-state index in [9.17, 15) is 4.79 Å². The van der Waals surface area contributed by atoms with Crippen molar-refractivity contribution in [3.63, 3.8) is 0 Å². The number of morpholine rings is 1. The number of rotatable bonds is 2. The minimum atomic E-state index is -0.124. The normalized spacial score (nSPS) is 18.8. The highest BCUT2D eigenvalue weighted by molar-refractivity contribution is 6.33. The van der Waals surface area contributed by atoms with Crippen LogP contribution < -0.4 is 10.5 Å². The molecule has 1 saturated heterocycles. The number of benzene rings is 1. The van der Waals surface area contributed by atoms with Crippen LogP contribution >= 0.6 is 11.6 Å². The van der Waals surface area contributed by atoms with Crippen LogP contribution in [0, 0.1) is 0 Å². The summed E-state index contributed by atoms with van der Waals surface area (Å²) in [5.74, 6) is 0. The van der Waals surface area contributed by atoms with Crippen molar-refractivity contribution < 1.29 is 4.74 Å². The van der Waals surface area contributed by atoms with Crippen LogP contribution in [-0.2, 0) is 4.74 Å². The lowest BCUT2D eigenvalue weighted by molar-refractivity contribution is 0.0532. The molecule has 110 valence electrons. The van der Waals surface area contributed by atoms with Gasteiger partial charge in [0.1, 0.15) is 0 Å². The molecule has 0 spiro atoms. The molecule has 2 aromatic rings. The zero-order valence-electron chi connectivity index (χ0n) is 11.8. The Morgan fingerprint density at radius 1 is 1.33 bits per heavy atom. The molecule has 1 aliphatic rings. The van der Waals surface area contributed by atoms with Gasteiger partial charge in [-0.05, 0) is 19.1 Å². The highest BCUT2D eigenvalue weighted by atomic mass is 35.5. The molecule has 3 rings (SSSR count). The molecular formula is C16H17ClN2O2. The van der Waals surface area contributed by atoms with E-state index in [1.54, 1.807) is 6.07 Å². The number of pyridine rings is 1. The maximum absolute atomic E-state index is 12.0. The Kier molecular flexibility index (Phi) is 3.99. The molecular weight excluding hydrogens is 288 g/mol. The Bertz CT molecular complexity index is 699. The predicted molar refractivity (Wildman–Crippen MR) is 85.1 cm³/mol. The van der Waals surface area contributed by atoms with Crippen LogP contribution in [0.2, 0.25) is 5.02 Å². The fraction of sp³-hybridized carbons (Fsp3) is 0.312. The highest BCUT2D eigenvalue weighted by Gasteiger charge is 2.18. The van der Waals surface area contributed by atoms with Crippen LogP contribution in [0.3, 0.4) is 0 Å². The van der Waals surface area contributed by atoms with Crippen molar-refractivity contribution in [2.45, 2.75) is 13.0 Å². The van der Waals surface area contributed by atoms with Gasteiger partial charge in [0.25, 0.3) is 0 Å². The molecule has 1 unspecified atom stereocenters. The zero-order chi connectivity index (χ0) is 14.8. The van der Waals surface area contributed by atoms with E-state index in [0.717, 1.165) is 30.0 Å². The second-order valence-electron chi connectivity index (χ2n) is 5.22. The third kappa shape index (κ3) is 3.12. The molecule has 1 aromatic heterocycles. The van der Waals surface area contributed by atoms with Gasteiger partial charge in [-0.1, -0.05) is 29.8 Å². The number of aromatic amines is 1. The van der Waals surface area contributed by atoms with Crippen LogP contribution in [0.5, 0.6) is 0 Å². The summed E-state index contributed by atoms with van der Waals surface area (Å²) >= 11 is 6.22. The van der Waals surface area contributed by atoms with E-state index >= 15 is 0 Å². The van der Waals surface area contributed by atoms with E-state index in [0.29, 0.717) is 11.6 Å². The number of hydrogen-bond donors (Lipinski definition) is 1. The number of nitrogens with zero attached hydrogens (tertiary/aromatic N) is 1.